The van der Waals surface area contributed by atoms with E-state index in [9.17, 15) is 9.59 Å². The summed E-state index contributed by atoms with van der Waals surface area (Å²) in [5.74, 6) is 1.46. The minimum atomic E-state index is -0.103. The first kappa shape index (κ1) is 19.2. The zero-order chi connectivity index (χ0) is 19.7. The maximum absolute atomic E-state index is 13.1. The van der Waals surface area contributed by atoms with Gasteiger partial charge in [0.1, 0.15) is 5.52 Å². The number of aromatic amines is 1. The van der Waals surface area contributed by atoms with Gasteiger partial charge in [-0.25, -0.2) is 0 Å². The minimum absolute atomic E-state index is 0.00594. The zero-order valence-corrected chi connectivity index (χ0v) is 17.1. The molecule has 0 unspecified atom stereocenters. The molecule has 0 atom stereocenters. The Kier molecular flexibility index (Phi) is 5.58. The normalized spacial score (nSPS) is 19.5. The SMILES string of the molecule is CN(CC1CCN(CC2CCCC2)CC1)C(=O)c1cn(C)c(=O)c2[nH]ccc12. The van der Waals surface area contributed by atoms with Gasteiger partial charge in [0.15, 0.2) is 0 Å². The Balaban J connectivity index is 1.36. The van der Waals surface area contributed by atoms with E-state index in [0.717, 1.165) is 38.4 Å². The summed E-state index contributed by atoms with van der Waals surface area (Å²) in [6, 6.07) is 1.82. The van der Waals surface area contributed by atoms with Crippen LogP contribution in [0.4, 0.5) is 0 Å². The Morgan fingerprint density at radius 2 is 1.89 bits per heavy atom. The standard InChI is InChI=1S/C22H32N4O2/c1-24(13-17-8-11-26(12-9-17)14-16-5-3-4-6-16)21(27)19-15-25(2)22(28)20-18(19)7-10-23-20/h7,10,15-17,23H,3-6,8-9,11-14H2,1-2H3. The van der Waals surface area contributed by atoms with Crippen LogP contribution in [0.1, 0.15) is 48.9 Å². The second kappa shape index (κ2) is 8.11. The third kappa shape index (κ3) is 3.88. The van der Waals surface area contributed by atoms with Crippen LogP contribution in [0.5, 0.6) is 0 Å². The minimum Gasteiger partial charge on any atom is -0.357 e. The molecule has 0 bridgehead atoms. The Labute approximate surface area is 166 Å². The summed E-state index contributed by atoms with van der Waals surface area (Å²) in [7, 11) is 3.58. The number of hydrogen-bond donors (Lipinski definition) is 1. The lowest BCUT2D eigenvalue weighted by atomic mass is 9.95. The van der Waals surface area contributed by atoms with Crippen LogP contribution in [-0.2, 0) is 7.05 Å². The quantitative estimate of drug-likeness (QED) is 0.862. The van der Waals surface area contributed by atoms with Gasteiger partial charge in [-0.05, 0) is 56.7 Å². The second-order valence-electron chi connectivity index (χ2n) is 8.81. The molecular formula is C22H32N4O2. The molecule has 2 fully saturated rings. The molecule has 1 N–H and O–H groups in total. The van der Waals surface area contributed by atoms with E-state index >= 15 is 0 Å². The number of fused-ring (bicyclic) bond motifs is 1. The topological polar surface area (TPSA) is 61.3 Å². The number of nitrogens with zero attached hydrogens (tertiary/aromatic N) is 3. The fourth-order valence-corrected chi connectivity index (χ4v) is 5.02. The van der Waals surface area contributed by atoms with E-state index in [4.69, 9.17) is 0 Å². The lowest BCUT2D eigenvalue weighted by Crippen LogP contribution is -2.41. The zero-order valence-electron chi connectivity index (χ0n) is 17.1. The molecule has 0 aromatic carbocycles. The molecular weight excluding hydrogens is 352 g/mol. The van der Waals surface area contributed by atoms with Gasteiger partial charge in [0.25, 0.3) is 11.5 Å². The highest BCUT2D eigenvalue weighted by Crippen LogP contribution is 2.27. The van der Waals surface area contributed by atoms with Crippen LogP contribution in [0.25, 0.3) is 10.9 Å². The van der Waals surface area contributed by atoms with E-state index < -0.39 is 0 Å². The van der Waals surface area contributed by atoms with E-state index in [2.05, 4.69) is 9.88 Å². The number of piperidine rings is 1. The molecule has 1 saturated carbocycles. The number of pyridine rings is 1. The number of H-pyrrole nitrogens is 1. The van der Waals surface area contributed by atoms with Crippen molar-refractivity contribution in [3.8, 4) is 0 Å². The van der Waals surface area contributed by atoms with E-state index in [1.165, 1.54) is 36.8 Å². The molecule has 2 aromatic heterocycles. The van der Waals surface area contributed by atoms with Gasteiger partial charge in [-0.15, -0.1) is 0 Å². The van der Waals surface area contributed by atoms with Gasteiger partial charge in [0.2, 0.25) is 0 Å². The highest BCUT2D eigenvalue weighted by atomic mass is 16.2. The highest BCUT2D eigenvalue weighted by molar-refractivity contribution is 6.05. The molecule has 0 radical (unpaired) electrons. The van der Waals surface area contributed by atoms with E-state index in [-0.39, 0.29) is 11.5 Å². The molecule has 2 aliphatic rings. The van der Waals surface area contributed by atoms with Gasteiger partial charge in [-0.3, -0.25) is 9.59 Å². The Bertz CT molecular complexity index is 886. The van der Waals surface area contributed by atoms with Crippen LogP contribution < -0.4 is 5.56 Å². The van der Waals surface area contributed by atoms with Gasteiger partial charge < -0.3 is 19.4 Å². The predicted octanol–water partition coefficient (Wildman–Crippen LogP) is 2.84. The number of carbonyl (C=O) groups excluding carboxylic acids is 1. The van der Waals surface area contributed by atoms with Crippen molar-refractivity contribution in [2.75, 3.05) is 33.2 Å². The summed E-state index contributed by atoms with van der Waals surface area (Å²) >= 11 is 0. The molecule has 152 valence electrons. The first-order valence-corrected chi connectivity index (χ1v) is 10.7. The van der Waals surface area contributed by atoms with Gasteiger partial charge in [-0.1, -0.05) is 12.8 Å². The number of nitrogens with one attached hydrogen (secondary N) is 1. The van der Waals surface area contributed by atoms with Gasteiger partial charge >= 0.3 is 0 Å². The fraction of sp³-hybridized carbons (Fsp3) is 0.636. The molecule has 1 amide bonds. The first-order chi connectivity index (χ1) is 13.5. The van der Waals surface area contributed by atoms with Crippen molar-refractivity contribution in [3.05, 3.63) is 34.4 Å². The largest absolute Gasteiger partial charge is 0.357 e. The van der Waals surface area contributed by atoms with E-state index in [1.54, 1.807) is 19.4 Å². The van der Waals surface area contributed by atoms with Crippen LogP contribution in [0.3, 0.4) is 0 Å². The molecule has 0 spiro atoms. The lowest BCUT2D eigenvalue weighted by molar-refractivity contribution is 0.0735. The molecule has 6 nitrogen and oxygen atoms in total. The molecule has 1 aliphatic heterocycles. The first-order valence-electron chi connectivity index (χ1n) is 10.7. The predicted molar refractivity (Wildman–Crippen MR) is 112 cm³/mol. The molecule has 2 aromatic rings. The number of rotatable bonds is 5. The van der Waals surface area contributed by atoms with Crippen molar-refractivity contribution in [1.82, 2.24) is 19.4 Å². The molecule has 6 heteroatoms. The van der Waals surface area contributed by atoms with Crippen molar-refractivity contribution < 1.29 is 4.79 Å². The summed E-state index contributed by atoms with van der Waals surface area (Å²) in [4.78, 5) is 32.7. The molecule has 1 aliphatic carbocycles. The Morgan fingerprint density at radius 1 is 1.18 bits per heavy atom. The molecule has 4 rings (SSSR count). The second-order valence-corrected chi connectivity index (χ2v) is 8.81. The summed E-state index contributed by atoms with van der Waals surface area (Å²) < 4.78 is 1.49. The van der Waals surface area contributed by atoms with Crippen molar-refractivity contribution in [1.29, 1.82) is 0 Å². The lowest BCUT2D eigenvalue weighted by Gasteiger charge is -2.35. The summed E-state index contributed by atoms with van der Waals surface area (Å²) in [6.07, 6.45) is 11.4. The average Bonchev–Trinajstić information content (AvgIpc) is 3.38. The third-order valence-electron chi connectivity index (χ3n) is 6.70. The fourth-order valence-electron chi connectivity index (χ4n) is 5.02. The summed E-state index contributed by atoms with van der Waals surface area (Å²) in [5, 5.41) is 0.714. The van der Waals surface area contributed by atoms with Gasteiger partial charge in [0, 0.05) is 45.0 Å². The van der Waals surface area contributed by atoms with Crippen LogP contribution in [0.15, 0.2) is 23.3 Å². The molecule has 28 heavy (non-hydrogen) atoms. The Morgan fingerprint density at radius 3 is 2.61 bits per heavy atom. The van der Waals surface area contributed by atoms with Crippen LogP contribution >= 0.6 is 0 Å². The third-order valence-corrected chi connectivity index (χ3v) is 6.70. The summed E-state index contributed by atoms with van der Waals surface area (Å²) in [5.41, 5.74) is 0.996. The van der Waals surface area contributed by atoms with Crippen LogP contribution in [0.2, 0.25) is 0 Å². The van der Waals surface area contributed by atoms with Crippen LogP contribution in [0, 0.1) is 11.8 Å². The van der Waals surface area contributed by atoms with E-state index in [0.29, 0.717) is 22.4 Å². The number of carbonyl (C=O) groups is 1. The van der Waals surface area contributed by atoms with E-state index in [1.807, 2.05) is 18.0 Å². The van der Waals surface area contributed by atoms with Crippen molar-refractivity contribution in [3.63, 3.8) is 0 Å². The average molecular weight is 385 g/mol. The molecule has 3 heterocycles. The highest BCUT2D eigenvalue weighted by Gasteiger charge is 2.26. The van der Waals surface area contributed by atoms with Gasteiger partial charge in [0.05, 0.1) is 5.56 Å². The number of amides is 1. The van der Waals surface area contributed by atoms with Crippen molar-refractivity contribution in [2.24, 2.45) is 18.9 Å². The maximum Gasteiger partial charge on any atom is 0.274 e. The number of aromatic nitrogens is 2. The monoisotopic (exact) mass is 384 g/mol. The smallest absolute Gasteiger partial charge is 0.274 e. The van der Waals surface area contributed by atoms with Crippen molar-refractivity contribution in [2.45, 2.75) is 38.5 Å². The number of aryl methyl sites for hydroxylation is 1. The van der Waals surface area contributed by atoms with Crippen molar-refractivity contribution >= 4 is 16.8 Å². The number of likely N-dealkylation sites (tertiary alicyclic amines) is 1. The van der Waals surface area contributed by atoms with Gasteiger partial charge in [-0.2, -0.15) is 0 Å². The maximum atomic E-state index is 13.1. The van der Waals surface area contributed by atoms with Crippen LogP contribution in [-0.4, -0.2) is 58.5 Å². The number of hydrogen-bond acceptors (Lipinski definition) is 3. The Hall–Kier alpha value is -2.08. The molecule has 1 saturated heterocycles. The summed E-state index contributed by atoms with van der Waals surface area (Å²) in [6.45, 7) is 4.37.